The molecule has 0 spiro atoms. The molecule has 30 heavy (non-hydrogen) atoms. The molecule has 150 valence electrons. The smallest absolute Gasteiger partial charge is 0.283 e. The van der Waals surface area contributed by atoms with Gasteiger partial charge in [0.05, 0.1) is 15.8 Å². The summed E-state index contributed by atoms with van der Waals surface area (Å²) in [4.78, 5) is 18.0. The molecule has 2 heterocycles. The number of carbonyl (C=O) groups is 1. The summed E-state index contributed by atoms with van der Waals surface area (Å²) in [6.45, 7) is 1.06. The summed E-state index contributed by atoms with van der Waals surface area (Å²) in [5, 5.41) is 0. The summed E-state index contributed by atoms with van der Waals surface area (Å²) in [6.07, 6.45) is 0. The molecule has 0 radical (unpaired) electrons. The summed E-state index contributed by atoms with van der Waals surface area (Å²) in [7, 11) is 1.88. The number of fused-ring (bicyclic) bond motifs is 2. The molecule has 1 aliphatic rings. The lowest BCUT2D eigenvalue weighted by molar-refractivity contribution is 0.0995. The predicted molar refractivity (Wildman–Crippen MR) is 115 cm³/mol. The van der Waals surface area contributed by atoms with Gasteiger partial charge in [0.2, 0.25) is 0 Å². The lowest BCUT2D eigenvalue weighted by atomic mass is 10.2. The number of aryl methyl sites for hydroxylation is 1. The highest BCUT2D eigenvalue weighted by atomic mass is 32.1. The normalized spacial score (nSPS) is 13.4. The lowest BCUT2D eigenvalue weighted by Crippen LogP contribution is -2.15. The van der Waals surface area contributed by atoms with Gasteiger partial charge in [-0.15, -0.1) is 0 Å². The second kappa shape index (κ2) is 7.68. The monoisotopic (exact) mass is 418 g/mol. The van der Waals surface area contributed by atoms with E-state index in [0.29, 0.717) is 40.8 Å². The van der Waals surface area contributed by atoms with Crippen molar-refractivity contribution in [2.45, 2.75) is 0 Å². The molecule has 1 aromatic heterocycles. The number of hydrogen-bond donors (Lipinski definition) is 0. The first-order valence-electron chi connectivity index (χ1n) is 9.49. The van der Waals surface area contributed by atoms with E-state index in [2.05, 4.69) is 4.99 Å². The highest BCUT2D eigenvalue weighted by molar-refractivity contribution is 7.16. The quantitative estimate of drug-likeness (QED) is 0.490. The Hall–Kier alpha value is -3.58. The molecule has 0 fully saturated rings. The summed E-state index contributed by atoms with van der Waals surface area (Å²) in [6, 6.07) is 20.3. The van der Waals surface area contributed by atoms with Crippen LogP contribution in [-0.4, -0.2) is 23.7 Å². The van der Waals surface area contributed by atoms with Gasteiger partial charge in [0.25, 0.3) is 5.91 Å². The number of para-hydroxylation sites is 2. The van der Waals surface area contributed by atoms with Crippen molar-refractivity contribution in [3.8, 4) is 23.0 Å². The predicted octanol–water partition coefficient (Wildman–Crippen LogP) is 4.54. The van der Waals surface area contributed by atoms with E-state index in [-0.39, 0.29) is 5.91 Å². The van der Waals surface area contributed by atoms with Crippen LogP contribution < -0.4 is 19.0 Å². The summed E-state index contributed by atoms with van der Waals surface area (Å²) >= 11 is 1.43. The summed E-state index contributed by atoms with van der Waals surface area (Å²) < 4.78 is 20.1. The topological polar surface area (TPSA) is 62.1 Å². The van der Waals surface area contributed by atoms with Crippen LogP contribution in [0.15, 0.2) is 71.7 Å². The number of aromatic nitrogens is 1. The van der Waals surface area contributed by atoms with E-state index in [4.69, 9.17) is 14.2 Å². The molecular weight excluding hydrogens is 400 g/mol. The maximum atomic E-state index is 13.0. The zero-order valence-corrected chi connectivity index (χ0v) is 17.0. The fourth-order valence-electron chi connectivity index (χ4n) is 3.27. The summed E-state index contributed by atoms with van der Waals surface area (Å²) in [5.41, 5.74) is 1.34. The van der Waals surface area contributed by atoms with E-state index in [1.54, 1.807) is 18.2 Å². The molecule has 0 saturated heterocycles. The molecule has 6 nitrogen and oxygen atoms in total. The third-order valence-corrected chi connectivity index (χ3v) is 5.85. The molecule has 1 aliphatic heterocycles. The number of rotatable bonds is 3. The molecule has 7 heteroatoms. The minimum Gasteiger partial charge on any atom is -0.486 e. The maximum absolute atomic E-state index is 13.0. The number of carbonyl (C=O) groups excluding carboxylic acids is 1. The van der Waals surface area contributed by atoms with Crippen LogP contribution in [0.1, 0.15) is 10.4 Å². The van der Waals surface area contributed by atoms with Gasteiger partial charge in [0, 0.05) is 19.2 Å². The van der Waals surface area contributed by atoms with Gasteiger partial charge < -0.3 is 18.8 Å². The van der Waals surface area contributed by atoms with E-state index in [1.807, 2.05) is 60.1 Å². The van der Waals surface area contributed by atoms with Gasteiger partial charge in [-0.3, -0.25) is 4.79 Å². The number of amides is 1. The number of hydrogen-bond acceptors (Lipinski definition) is 5. The molecule has 0 saturated carbocycles. The second-order valence-corrected chi connectivity index (χ2v) is 7.74. The van der Waals surface area contributed by atoms with Gasteiger partial charge in [0.15, 0.2) is 16.3 Å². The number of nitrogens with zero attached hydrogens (tertiary/aromatic N) is 2. The maximum Gasteiger partial charge on any atom is 0.283 e. The first kappa shape index (κ1) is 18.4. The zero-order valence-electron chi connectivity index (χ0n) is 16.2. The molecule has 0 aliphatic carbocycles. The minimum atomic E-state index is -0.360. The highest BCUT2D eigenvalue weighted by Crippen LogP contribution is 2.35. The van der Waals surface area contributed by atoms with Crippen LogP contribution in [0.2, 0.25) is 0 Å². The van der Waals surface area contributed by atoms with E-state index in [9.17, 15) is 4.79 Å². The third kappa shape index (κ3) is 3.44. The van der Waals surface area contributed by atoms with Gasteiger partial charge in [-0.2, -0.15) is 4.99 Å². The van der Waals surface area contributed by atoms with Crippen LogP contribution in [0.5, 0.6) is 23.0 Å². The summed E-state index contributed by atoms with van der Waals surface area (Å²) in [5.74, 6) is 2.20. The molecule has 1 amide bonds. The van der Waals surface area contributed by atoms with Crippen LogP contribution in [-0.2, 0) is 7.05 Å². The fourth-order valence-corrected chi connectivity index (χ4v) is 4.29. The van der Waals surface area contributed by atoms with Gasteiger partial charge in [-0.1, -0.05) is 41.7 Å². The number of ether oxygens (including phenoxy) is 3. The van der Waals surface area contributed by atoms with Crippen molar-refractivity contribution >= 4 is 27.5 Å². The van der Waals surface area contributed by atoms with Gasteiger partial charge >= 0.3 is 0 Å². The largest absolute Gasteiger partial charge is 0.486 e. The second-order valence-electron chi connectivity index (χ2n) is 6.74. The van der Waals surface area contributed by atoms with Crippen molar-refractivity contribution in [3.63, 3.8) is 0 Å². The fraction of sp³-hybridized carbons (Fsp3) is 0.130. The van der Waals surface area contributed by atoms with Crippen LogP contribution in [0.4, 0.5) is 0 Å². The van der Waals surface area contributed by atoms with E-state index >= 15 is 0 Å². The van der Waals surface area contributed by atoms with Crippen molar-refractivity contribution in [2.24, 2.45) is 12.0 Å². The first-order chi connectivity index (χ1) is 14.7. The standard InChI is InChI=1S/C23H18N2O4S/c1-25-17-13-19-20(28-12-11-27-19)14-21(17)30-23(25)24-22(26)16-9-5-6-10-18(16)29-15-7-3-2-4-8-15/h2-10,13-14H,11-12H2,1H3. The molecule has 0 N–H and O–H groups in total. The van der Waals surface area contributed by atoms with Gasteiger partial charge in [0.1, 0.15) is 24.7 Å². The number of thiazole rings is 1. The Morgan fingerprint density at radius 1 is 1.00 bits per heavy atom. The van der Waals surface area contributed by atoms with Crippen LogP contribution in [0.25, 0.3) is 10.2 Å². The molecule has 0 atom stereocenters. The minimum absolute atomic E-state index is 0.360. The molecule has 4 aromatic rings. The third-order valence-electron chi connectivity index (χ3n) is 4.76. The molecule has 5 rings (SSSR count). The van der Waals surface area contributed by atoms with E-state index < -0.39 is 0 Å². The Kier molecular flexibility index (Phi) is 4.72. The number of benzene rings is 3. The Morgan fingerprint density at radius 3 is 2.50 bits per heavy atom. The molecule has 0 bridgehead atoms. The zero-order chi connectivity index (χ0) is 20.5. The molecule has 0 unspecified atom stereocenters. The first-order valence-corrected chi connectivity index (χ1v) is 10.3. The van der Waals surface area contributed by atoms with Crippen molar-refractivity contribution < 1.29 is 19.0 Å². The van der Waals surface area contributed by atoms with Gasteiger partial charge in [-0.25, -0.2) is 0 Å². The Labute approximate surface area is 176 Å². The van der Waals surface area contributed by atoms with Crippen LogP contribution >= 0.6 is 11.3 Å². The SMILES string of the molecule is Cn1c(=NC(=O)c2ccccc2Oc2ccccc2)sc2cc3c(cc21)OCCO3. The van der Waals surface area contributed by atoms with Crippen molar-refractivity contribution in [3.05, 3.63) is 77.1 Å². The molecular formula is C23H18N2O4S. The Morgan fingerprint density at radius 2 is 1.70 bits per heavy atom. The van der Waals surface area contributed by atoms with Crippen molar-refractivity contribution in [2.75, 3.05) is 13.2 Å². The van der Waals surface area contributed by atoms with E-state index in [1.165, 1.54) is 11.3 Å². The molecule has 3 aromatic carbocycles. The van der Waals surface area contributed by atoms with Crippen LogP contribution in [0, 0.1) is 0 Å². The Balaban J connectivity index is 1.53. The Bertz CT molecular complexity index is 1310. The average Bonchev–Trinajstić information content (AvgIpc) is 3.07. The van der Waals surface area contributed by atoms with E-state index in [0.717, 1.165) is 16.0 Å². The van der Waals surface area contributed by atoms with Crippen molar-refractivity contribution in [1.29, 1.82) is 0 Å². The van der Waals surface area contributed by atoms with Gasteiger partial charge in [-0.05, 0) is 24.3 Å². The average molecular weight is 418 g/mol. The van der Waals surface area contributed by atoms with Crippen molar-refractivity contribution in [1.82, 2.24) is 4.57 Å². The lowest BCUT2D eigenvalue weighted by Gasteiger charge is -2.18. The highest BCUT2D eigenvalue weighted by Gasteiger charge is 2.17. The van der Waals surface area contributed by atoms with Crippen LogP contribution in [0.3, 0.4) is 0 Å².